The SMILES string of the molecule is NC(=O)CC(NC(=O)C(Cc1cnc[nH]1)NC(=O)C1CCCN1C(=O)C(N)CO)C(=O)O. The first kappa shape index (κ1) is 24.7. The van der Waals surface area contributed by atoms with Gasteiger partial charge in [0, 0.05) is 24.9 Å². The quantitative estimate of drug-likeness (QED) is 0.174. The third kappa shape index (κ3) is 6.49. The van der Waals surface area contributed by atoms with Crippen molar-refractivity contribution in [1.29, 1.82) is 0 Å². The number of aromatic amines is 1. The molecule has 0 saturated carbocycles. The minimum atomic E-state index is -1.58. The lowest BCUT2D eigenvalue weighted by Gasteiger charge is -2.28. The second kappa shape index (κ2) is 11.2. The average Bonchev–Trinajstić information content (AvgIpc) is 3.43. The van der Waals surface area contributed by atoms with Crippen LogP contribution >= 0.6 is 0 Å². The summed E-state index contributed by atoms with van der Waals surface area (Å²) in [6, 6.07) is -4.88. The number of H-pyrrole nitrogens is 1. The van der Waals surface area contributed by atoms with Crippen LogP contribution in [0, 0.1) is 0 Å². The summed E-state index contributed by atoms with van der Waals surface area (Å²) in [5.41, 5.74) is 11.1. The fourth-order valence-corrected chi connectivity index (χ4v) is 3.36. The van der Waals surface area contributed by atoms with Crippen LogP contribution in [0.4, 0.5) is 0 Å². The van der Waals surface area contributed by atoms with Crippen molar-refractivity contribution in [2.45, 2.75) is 49.9 Å². The van der Waals surface area contributed by atoms with Crippen LogP contribution in [-0.2, 0) is 30.4 Å². The molecule has 2 rings (SSSR count). The molecule has 1 fully saturated rings. The molecule has 0 radical (unpaired) electrons. The van der Waals surface area contributed by atoms with E-state index in [2.05, 4.69) is 20.6 Å². The van der Waals surface area contributed by atoms with Gasteiger partial charge < -0.3 is 42.2 Å². The number of primary amides is 1. The molecule has 1 aliphatic heterocycles. The maximum Gasteiger partial charge on any atom is 0.326 e. The van der Waals surface area contributed by atoms with Crippen LogP contribution in [0.3, 0.4) is 0 Å². The number of nitrogens with zero attached hydrogens (tertiary/aromatic N) is 2. The fourth-order valence-electron chi connectivity index (χ4n) is 3.36. The summed E-state index contributed by atoms with van der Waals surface area (Å²) in [4.78, 5) is 68.4. The molecule has 14 heteroatoms. The van der Waals surface area contributed by atoms with Gasteiger partial charge in [-0.2, -0.15) is 0 Å². The van der Waals surface area contributed by atoms with Gasteiger partial charge in [0.25, 0.3) is 0 Å². The van der Waals surface area contributed by atoms with Gasteiger partial charge in [-0.05, 0) is 12.8 Å². The highest BCUT2D eigenvalue weighted by molar-refractivity contribution is 5.95. The molecule has 2 heterocycles. The minimum Gasteiger partial charge on any atom is -0.480 e. The number of hydrogen-bond donors (Lipinski definition) is 7. The van der Waals surface area contributed by atoms with Crippen LogP contribution in [0.25, 0.3) is 0 Å². The Morgan fingerprint density at radius 1 is 1.25 bits per heavy atom. The number of carbonyl (C=O) groups is 5. The Morgan fingerprint density at radius 3 is 2.53 bits per heavy atom. The van der Waals surface area contributed by atoms with Gasteiger partial charge in [-0.1, -0.05) is 0 Å². The number of amides is 4. The lowest BCUT2D eigenvalue weighted by atomic mass is 10.1. The van der Waals surface area contributed by atoms with Crippen molar-refractivity contribution in [3.8, 4) is 0 Å². The molecule has 0 bridgehead atoms. The molecule has 1 aliphatic rings. The molecule has 14 nitrogen and oxygen atoms in total. The topological polar surface area (TPSA) is 234 Å². The fraction of sp³-hybridized carbons (Fsp3) is 0.556. The number of imidazole rings is 1. The smallest absolute Gasteiger partial charge is 0.326 e. The first-order chi connectivity index (χ1) is 15.1. The number of rotatable bonds is 11. The Morgan fingerprint density at radius 2 is 1.97 bits per heavy atom. The number of nitrogens with one attached hydrogen (secondary N) is 3. The van der Waals surface area contributed by atoms with E-state index < -0.39 is 66.8 Å². The molecule has 0 spiro atoms. The van der Waals surface area contributed by atoms with Gasteiger partial charge in [-0.25, -0.2) is 9.78 Å². The maximum absolute atomic E-state index is 12.9. The van der Waals surface area contributed by atoms with Gasteiger partial charge in [-0.3, -0.25) is 19.2 Å². The monoisotopic (exact) mass is 453 g/mol. The van der Waals surface area contributed by atoms with Crippen molar-refractivity contribution in [3.63, 3.8) is 0 Å². The van der Waals surface area contributed by atoms with Gasteiger partial charge in [0.1, 0.15) is 24.2 Å². The van der Waals surface area contributed by atoms with Gasteiger partial charge >= 0.3 is 5.97 Å². The van der Waals surface area contributed by atoms with Crippen LogP contribution in [0.1, 0.15) is 25.0 Å². The Bertz CT molecular complexity index is 845. The van der Waals surface area contributed by atoms with E-state index in [0.717, 1.165) is 0 Å². The van der Waals surface area contributed by atoms with Crippen LogP contribution < -0.4 is 22.1 Å². The Hall–Kier alpha value is -3.52. The van der Waals surface area contributed by atoms with Crippen molar-refractivity contribution >= 4 is 29.6 Å². The average molecular weight is 453 g/mol. The molecule has 32 heavy (non-hydrogen) atoms. The molecule has 1 aromatic heterocycles. The van der Waals surface area contributed by atoms with Gasteiger partial charge in [0.2, 0.25) is 23.6 Å². The maximum atomic E-state index is 12.9. The normalized spacial score (nSPS) is 18.4. The second-order valence-electron chi connectivity index (χ2n) is 7.39. The van der Waals surface area contributed by atoms with E-state index in [1.54, 1.807) is 0 Å². The van der Waals surface area contributed by atoms with Crippen LogP contribution in [0.15, 0.2) is 12.5 Å². The predicted molar refractivity (Wildman–Crippen MR) is 107 cm³/mol. The number of hydrogen-bond acceptors (Lipinski definition) is 8. The number of carbonyl (C=O) groups excluding carboxylic acids is 4. The van der Waals surface area contributed by atoms with Gasteiger partial charge in [0.15, 0.2) is 0 Å². The van der Waals surface area contributed by atoms with E-state index in [1.165, 1.54) is 17.4 Å². The van der Waals surface area contributed by atoms with E-state index in [0.29, 0.717) is 18.5 Å². The highest BCUT2D eigenvalue weighted by atomic mass is 16.4. The van der Waals surface area contributed by atoms with Crippen molar-refractivity contribution in [1.82, 2.24) is 25.5 Å². The number of nitrogens with two attached hydrogens (primary N) is 2. The zero-order valence-electron chi connectivity index (χ0n) is 17.2. The summed E-state index contributed by atoms with van der Waals surface area (Å²) in [5, 5.41) is 23.1. The van der Waals surface area contributed by atoms with Crippen LogP contribution in [0.2, 0.25) is 0 Å². The van der Waals surface area contributed by atoms with Crippen molar-refractivity contribution in [2.75, 3.05) is 13.2 Å². The number of aromatic nitrogens is 2. The summed E-state index contributed by atoms with van der Waals surface area (Å²) >= 11 is 0. The summed E-state index contributed by atoms with van der Waals surface area (Å²) in [5.74, 6) is -4.47. The highest BCUT2D eigenvalue weighted by Gasteiger charge is 2.38. The largest absolute Gasteiger partial charge is 0.480 e. The number of aliphatic carboxylic acids is 1. The zero-order valence-corrected chi connectivity index (χ0v) is 17.2. The molecule has 176 valence electrons. The number of carboxylic acid groups (broad SMARTS) is 1. The molecule has 4 atom stereocenters. The molecule has 0 aromatic carbocycles. The lowest BCUT2D eigenvalue weighted by molar-refractivity contribution is -0.144. The van der Waals surface area contributed by atoms with Crippen LogP contribution in [-0.4, -0.2) is 92.0 Å². The second-order valence-corrected chi connectivity index (χ2v) is 7.39. The molecule has 4 amide bonds. The number of aliphatic hydroxyl groups excluding tert-OH is 1. The molecule has 0 aliphatic carbocycles. The molecular weight excluding hydrogens is 426 g/mol. The molecular formula is C18H27N7O7. The van der Waals surface area contributed by atoms with Crippen molar-refractivity contribution in [2.24, 2.45) is 11.5 Å². The number of carboxylic acids is 1. The minimum absolute atomic E-state index is 0.0582. The molecule has 1 aromatic rings. The predicted octanol–water partition coefficient (Wildman–Crippen LogP) is -3.81. The van der Waals surface area contributed by atoms with E-state index in [9.17, 15) is 29.1 Å². The summed E-state index contributed by atoms with van der Waals surface area (Å²) < 4.78 is 0. The molecule has 4 unspecified atom stereocenters. The third-order valence-electron chi connectivity index (χ3n) is 4.98. The van der Waals surface area contributed by atoms with E-state index in [1.807, 2.05) is 0 Å². The lowest BCUT2D eigenvalue weighted by Crippen LogP contribution is -2.57. The van der Waals surface area contributed by atoms with E-state index in [4.69, 9.17) is 16.6 Å². The number of aliphatic hydroxyl groups is 1. The molecule has 9 N–H and O–H groups in total. The van der Waals surface area contributed by atoms with E-state index >= 15 is 0 Å². The van der Waals surface area contributed by atoms with Crippen LogP contribution in [0.5, 0.6) is 0 Å². The zero-order chi connectivity index (χ0) is 23.8. The van der Waals surface area contributed by atoms with Gasteiger partial charge in [0.05, 0.1) is 19.4 Å². The highest BCUT2D eigenvalue weighted by Crippen LogP contribution is 2.18. The first-order valence-electron chi connectivity index (χ1n) is 9.90. The molecule has 1 saturated heterocycles. The summed E-state index contributed by atoms with van der Waals surface area (Å²) in [6.07, 6.45) is 2.96. The third-order valence-corrected chi connectivity index (χ3v) is 4.98. The first-order valence-corrected chi connectivity index (χ1v) is 9.90. The van der Waals surface area contributed by atoms with Crippen molar-refractivity contribution < 1.29 is 34.2 Å². The summed E-state index contributed by atoms with van der Waals surface area (Å²) in [6.45, 7) is -0.313. The van der Waals surface area contributed by atoms with Gasteiger partial charge in [-0.15, -0.1) is 0 Å². The Balaban J connectivity index is 2.16. The van der Waals surface area contributed by atoms with E-state index in [-0.39, 0.29) is 13.0 Å². The Labute approximate surface area is 182 Å². The van der Waals surface area contributed by atoms with Crippen molar-refractivity contribution in [3.05, 3.63) is 18.2 Å². The Kier molecular flexibility index (Phi) is 8.66. The summed E-state index contributed by atoms with van der Waals surface area (Å²) in [7, 11) is 0. The number of likely N-dealkylation sites (tertiary alicyclic amines) is 1. The standard InChI is InChI=1S/C18H27N7O7/c19-10(7-26)17(30)25-3-1-2-13(25)16(29)23-11(4-9-6-21-8-22-9)15(28)24-12(18(31)32)5-14(20)27/h6,8,10-13,26H,1-5,7,19H2,(H2,20,27)(H,21,22)(H,23,29)(H,24,28)(H,31,32).